The van der Waals surface area contributed by atoms with Crippen molar-refractivity contribution in [2.45, 2.75) is 19.3 Å². The molecule has 2 aliphatic rings. The van der Waals surface area contributed by atoms with Crippen LogP contribution in [0, 0.1) is 25.5 Å². The van der Waals surface area contributed by atoms with E-state index in [0.29, 0.717) is 0 Å². The Labute approximate surface area is 342 Å². The molecule has 0 aromatic heterocycles. The number of nitrogens with zero attached hydrogens (tertiary/aromatic N) is 2. The Kier molecular flexibility index (Phi) is 7.92. The average molecular weight is 765 g/mol. The molecule has 282 valence electrons. The van der Waals surface area contributed by atoms with Crippen molar-refractivity contribution < 1.29 is 8.78 Å². The molecule has 4 heteroatoms. The Balaban J connectivity index is 1.17. The van der Waals surface area contributed by atoms with Crippen LogP contribution in [0.2, 0.25) is 0 Å². The van der Waals surface area contributed by atoms with E-state index < -0.39 is 5.41 Å². The number of anilines is 6. The smallest absolute Gasteiger partial charge is 0.123 e. The zero-order chi connectivity index (χ0) is 39.8. The Morgan fingerprint density at radius 2 is 0.780 bits per heavy atom. The SMILES string of the molecule is Cc1cccc(N(c2ccc(F)cc2)c2ccc3c(c2)C2(c4ccccc4-c4ccccc42)c2cc4cc(N(c5ccc(F)cc5)c5cccc(C)c5)ccc4cc2-3)c1. The summed E-state index contributed by atoms with van der Waals surface area (Å²) < 4.78 is 28.6. The van der Waals surface area contributed by atoms with Gasteiger partial charge in [0.25, 0.3) is 0 Å². The van der Waals surface area contributed by atoms with Crippen molar-refractivity contribution in [2.24, 2.45) is 0 Å². The van der Waals surface area contributed by atoms with Gasteiger partial charge in [-0.05, 0) is 189 Å². The number of hydrogen-bond acceptors (Lipinski definition) is 2. The van der Waals surface area contributed by atoms with E-state index in [1.54, 1.807) is 0 Å². The highest BCUT2D eigenvalue weighted by Crippen LogP contribution is 2.64. The lowest BCUT2D eigenvalue weighted by Crippen LogP contribution is -2.26. The summed E-state index contributed by atoms with van der Waals surface area (Å²) in [5.41, 5.74) is 17.3. The van der Waals surface area contributed by atoms with Crippen LogP contribution >= 0.6 is 0 Å². The predicted octanol–water partition coefficient (Wildman–Crippen LogP) is 15.0. The van der Waals surface area contributed by atoms with Gasteiger partial charge in [-0.25, -0.2) is 8.78 Å². The summed E-state index contributed by atoms with van der Waals surface area (Å²) >= 11 is 0. The molecule has 11 rings (SSSR count). The summed E-state index contributed by atoms with van der Waals surface area (Å²) in [4.78, 5) is 4.43. The topological polar surface area (TPSA) is 6.48 Å². The van der Waals surface area contributed by atoms with Gasteiger partial charge in [0.2, 0.25) is 0 Å². The van der Waals surface area contributed by atoms with Gasteiger partial charge >= 0.3 is 0 Å². The van der Waals surface area contributed by atoms with Crippen LogP contribution < -0.4 is 9.80 Å². The third kappa shape index (κ3) is 5.44. The van der Waals surface area contributed by atoms with Crippen LogP contribution in [-0.4, -0.2) is 0 Å². The van der Waals surface area contributed by atoms with E-state index in [0.717, 1.165) is 56.0 Å². The third-order valence-corrected chi connectivity index (χ3v) is 12.2. The van der Waals surface area contributed by atoms with Crippen LogP contribution in [0.25, 0.3) is 33.0 Å². The summed E-state index contributed by atoms with van der Waals surface area (Å²) in [5.74, 6) is -0.535. The van der Waals surface area contributed by atoms with Crippen molar-refractivity contribution in [2.75, 3.05) is 9.80 Å². The van der Waals surface area contributed by atoms with E-state index in [1.807, 2.05) is 24.3 Å². The lowest BCUT2D eigenvalue weighted by molar-refractivity contribution is 0.627. The summed E-state index contributed by atoms with van der Waals surface area (Å²) in [6.45, 7) is 4.19. The van der Waals surface area contributed by atoms with Crippen molar-refractivity contribution >= 4 is 44.9 Å². The molecule has 0 atom stereocenters. The molecule has 0 fully saturated rings. The Morgan fingerprint density at radius 3 is 1.34 bits per heavy atom. The molecule has 9 aromatic carbocycles. The molecule has 0 N–H and O–H groups in total. The molecule has 9 aromatic rings. The van der Waals surface area contributed by atoms with Gasteiger partial charge in [-0.1, -0.05) is 84.9 Å². The summed E-state index contributed by atoms with van der Waals surface area (Å²) in [5, 5.41) is 2.25. The first kappa shape index (κ1) is 34.9. The first-order valence-electron chi connectivity index (χ1n) is 20.0. The molecule has 1 spiro atoms. The standard InChI is InChI=1S/C55H38F2N2/c1-35-9-7-11-43(29-35)58(41-23-18-39(56)19-24-41)45-22-17-37-32-50-49-28-27-46(59(42-25-20-40(57)21-26-42)44-12-8-10-36(2)30-44)34-54(49)55(53(50)33-38(37)31-45)51-15-5-3-13-47(51)48-14-4-6-16-52(48)55/h3-34H,1-2H3. The Bertz CT molecular complexity index is 3070. The maximum absolute atomic E-state index is 14.4. The van der Waals surface area contributed by atoms with E-state index in [2.05, 4.69) is 169 Å². The Hall–Kier alpha value is -7.30. The zero-order valence-corrected chi connectivity index (χ0v) is 32.6. The summed E-state index contributed by atoms with van der Waals surface area (Å²) in [6, 6.07) is 66.3. The molecular formula is C55H38F2N2. The fourth-order valence-electron chi connectivity index (χ4n) is 9.74. The highest BCUT2D eigenvalue weighted by atomic mass is 19.1. The van der Waals surface area contributed by atoms with E-state index in [1.165, 1.54) is 68.8 Å². The number of hydrogen-bond donors (Lipinski definition) is 0. The summed E-state index contributed by atoms with van der Waals surface area (Å²) in [6.07, 6.45) is 0. The second-order valence-corrected chi connectivity index (χ2v) is 15.8. The average Bonchev–Trinajstić information content (AvgIpc) is 3.71. The van der Waals surface area contributed by atoms with E-state index in [9.17, 15) is 8.78 Å². The lowest BCUT2D eigenvalue weighted by atomic mass is 9.70. The van der Waals surface area contributed by atoms with Gasteiger partial charge in [-0.3, -0.25) is 0 Å². The quantitative estimate of drug-likeness (QED) is 0.166. The fourth-order valence-corrected chi connectivity index (χ4v) is 9.74. The minimum atomic E-state index is -0.605. The third-order valence-electron chi connectivity index (χ3n) is 12.2. The molecule has 0 saturated carbocycles. The molecule has 0 aliphatic heterocycles. The number of halogens is 2. The number of benzene rings is 9. The van der Waals surface area contributed by atoms with Crippen LogP contribution in [0.1, 0.15) is 33.4 Å². The van der Waals surface area contributed by atoms with Gasteiger partial charge in [0.1, 0.15) is 11.6 Å². The first-order valence-corrected chi connectivity index (χ1v) is 20.0. The minimum absolute atomic E-state index is 0.267. The second kappa shape index (κ2) is 13.4. The molecule has 0 radical (unpaired) electrons. The molecule has 2 nitrogen and oxygen atoms in total. The molecule has 2 aliphatic carbocycles. The van der Waals surface area contributed by atoms with Crippen LogP contribution in [0.3, 0.4) is 0 Å². The minimum Gasteiger partial charge on any atom is -0.310 e. The van der Waals surface area contributed by atoms with Crippen molar-refractivity contribution in [3.05, 3.63) is 239 Å². The van der Waals surface area contributed by atoms with Crippen molar-refractivity contribution in [1.29, 1.82) is 0 Å². The van der Waals surface area contributed by atoms with Gasteiger partial charge in [-0.15, -0.1) is 0 Å². The molecule has 59 heavy (non-hydrogen) atoms. The highest BCUT2D eigenvalue weighted by Gasteiger charge is 2.52. The molecule has 0 unspecified atom stereocenters. The van der Waals surface area contributed by atoms with Crippen molar-refractivity contribution in [1.82, 2.24) is 0 Å². The highest BCUT2D eigenvalue weighted by molar-refractivity contribution is 6.02. The van der Waals surface area contributed by atoms with E-state index in [4.69, 9.17) is 0 Å². The molecule has 0 amide bonds. The first-order chi connectivity index (χ1) is 28.9. The fraction of sp³-hybridized carbons (Fsp3) is 0.0545. The normalized spacial score (nSPS) is 12.9. The maximum Gasteiger partial charge on any atom is 0.123 e. The zero-order valence-electron chi connectivity index (χ0n) is 32.6. The summed E-state index contributed by atoms with van der Waals surface area (Å²) in [7, 11) is 0. The number of aryl methyl sites for hydroxylation is 2. The second-order valence-electron chi connectivity index (χ2n) is 15.8. The van der Waals surface area contributed by atoms with Crippen LogP contribution in [0.15, 0.2) is 194 Å². The van der Waals surface area contributed by atoms with Gasteiger partial charge in [-0.2, -0.15) is 0 Å². The van der Waals surface area contributed by atoms with Crippen LogP contribution in [-0.2, 0) is 5.41 Å². The molecule has 0 saturated heterocycles. The lowest BCUT2D eigenvalue weighted by Gasteiger charge is -2.32. The van der Waals surface area contributed by atoms with Gasteiger partial charge in [0.05, 0.1) is 5.41 Å². The van der Waals surface area contributed by atoms with E-state index in [-0.39, 0.29) is 11.6 Å². The van der Waals surface area contributed by atoms with Crippen LogP contribution in [0.4, 0.5) is 42.9 Å². The predicted molar refractivity (Wildman–Crippen MR) is 239 cm³/mol. The molecule has 0 heterocycles. The van der Waals surface area contributed by atoms with Crippen LogP contribution in [0.5, 0.6) is 0 Å². The largest absolute Gasteiger partial charge is 0.310 e. The number of fused-ring (bicyclic) bond motifs is 11. The molecule has 0 bridgehead atoms. The van der Waals surface area contributed by atoms with E-state index >= 15 is 0 Å². The number of rotatable bonds is 6. The Morgan fingerprint density at radius 1 is 0.322 bits per heavy atom. The monoisotopic (exact) mass is 764 g/mol. The van der Waals surface area contributed by atoms with Crippen molar-refractivity contribution in [3.63, 3.8) is 0 Å². The van der Waals surface area contributed by atoms with Gasteiger partial charge in [0.15, 0.2) is 0 Å². The molecular weight excluding hydrogens is 727 g/mol. The van der Waals surface area contributed by atoms with Crippen molar-refractivity contribution in [3.8, 4) is 22.3 Å². The van der Waals surface area contributed by atoms with Gasteiger partial charge in [0, 0.05) is 34.1 Å². The van der Waals surface area contributed by atoms with Gasteiger partial charge < -0.3 is 9.80 Å². The maximum atomic E-state index is 14.4.